The molecular formula is C21H24FN3O2S. The molecule has 0 N–H and O–H groups in total. The van der Waals surface area contributed by atoms with E-state index in [0.29, 0.717) is 11.6 Å². The van der Waals surface area contributed by atoms with E-state index in [4.69, 9.17) is 0 Å². The summed E-state index contributed by atoms with van der Waals surface area (Å²) in [6.07, 6.45) is 3.74. The molecule has 1 aliphatic rings. The first-order valence-corrected chi connectivity index (χ1v) is 10.8. The largest absolute Gasteiger partial charge is 0.371 e. The minimum atomic E-state index is -3.79. The molecule has 5 nitrogen and oxygen atoms in total. The van der Waals surface area contributed by atoms with E-state index in [1.165, 1.54) is 16.1 Å². The van der Waals surface area contributed by atoms with Crippen LogP contribution in [-0.2, 0) is 10.0 Å². The van der Waals surface area contributed by atoms with Crippen LogP contribution >= 0.6 is 0 Å². The zero-order chi connectivity index (χ0) is 19.9. The maximum Gasteiger partial charge on any atom is 0.268 e. The van der Waals surface area contributed by atoms with Gasteiger partial charge in [0.1, 0.15) is 5.82 Å². The van der Waals surface area contributed by atoms with Crippen molar-refractivity contribution in [1.82, 2.24) is 8.87 Å². The highest BCUT2D eigenvalue weighted by Crippen LogP contribution is 2.32. The number of halogens is 1. The molecule has 1 aliphatic heterocycles. The van der Waals surface area contributed by atoms with Crippen LogP contribution < -0.4 is 4.90 Å². The summed E-state index contributed by atoms with van der Waals surface area (Å²) < 4.78 is 40.6. The van der Waals surface area contributed by atoms with Gasteiger partial charge in [-0.05, 0) is 75.4 Å². The van der Waals surface area contributed by atoms with Gasteiger partial charge in [0.15, 0.2) is 0 Å². The van der Waals surface area contributed by atoms with E-state index in [0.717, 1.165) is 49.1 Å². The molecule has 0 bridgehead atoms. The molecule has 2 aromatic carbocycles. The smallest absolute Gasteiger partial charge is 0.268 e. The van der Waals surface area contributed by atoms with Gasteiger partial charge >= 0.3 is 0 Å². The number of nitrogens with zero attached hydrogens (tertiary/aromatic N) is 3. The van der Waals surface area contributed by atoms with Gasteiger partial charge in [0.05, 0.1) is 10.4 Å². The minimum Gasteiger partial charge on any atom is -0.371 e. The third-order valence-corrected chi connectivity index (χ3v) is 7.36. The highest BCUT2D eigenvalue weighted by Gasteiger charge is 2.24. The second kappa shape index (κ2) is 7.22. The van der Waals surface area contributed by atoms with Crippen molar-refractivity contribution >= 4 is 26.6 Å². The van der Waals surface area contributed by atoms with Gasteiger partial charge in [0.25, 0.3) is 10.0 Å². The van der Waals surface area contributed by atoms with Crippen molar-refractivity contribution < 1.29 is 12.8 Å². The minimum absolute atomic E-state index is 0.0699. The summed E-state index contributed by atoms with van der Waals surface area (Å²) in [7, 11) is 0.427. The predicted molar refractivity (Wildman–Crippen MR) is 110 cm³/mol. The lowest BCUT2D eigenvalue weighted by Gasteiger charge is -2.36. The molecule has 0 radical (unpaired) electrons. The lowest BCUT2D eigenvalue weighted by molar-refractivity contribution is 0.253. The first-order chi connectivity index (χ1) is 13.4. The average molecular weight is 402 g/mol. The summed E-state index contributed by atoms with van der Waals surface area (Å²) in [6, 6.07) is 12.9. The predicted octanol–water partition coefficient (Wildman–Crippen LogP) is 3.55. The fourth-order valence-electron chi connectivity index (χ4n) is 3.94. The second-order valence-electron chi connectivity index (χ2n) is 7.43. The molecule has 0 unspecified atom stereocenters. The van der Waals surface area contributed by atoms with Crippen LogP contribution in [0, 0.1) is 5.82 Å². The van der Waals surface area contributed by atoms with E-state index >= 15 is 0 Å². The van der Waals surface area contributed by atoms with Gasteiger partial charge in [-0.2, -0.15) is 0 Å². The Morgan fingerprint density at radius 3 is 2.39 bits per heavy atom. The number of rotatable bonds is 4. The van der Waals surface area contributed by atoms with Crippen LogP contribution in [0.25, 0.3) is 10.9 Å². The second-order valence-corrected chi connectivity index (χ2v) is 9.24. The van der Waals surface area contributed by atoms with Gasteiger partial charge in [-0.25, -0.2) is 16.8 Å². The van der Waals surface area contributed by atoms with Crippen LogP contribution in [-0.4, -0.2) is 50.5 Å². The Labute approximate surface area is 165 Å². The summed E-state index contributed by atoms with van der Waals surface area (Å²) >= 11 is 0. The molecule has 1 aromatic heterocycles. The summed E-state index contributed by atoms with van der Waals surface area (Å²) in [4.78, 5) is 4.67. The first-order valence-electron chi connectivity index (χ1n) is 9.40. The third-order valence-electron chi connectivity index (χ3n) is 5.66. The van der Waals surface area contributed by atoms with Crippen molar-refractivity contribution in [1.29, 1.82) is 0 Å². The molecule has 28 heavy (non-hydrogen) atoms. The standard InChI is InChI=1S/C21H24FN3O2S/c1-23-13-10-17(11-14-23)24(2)20-4-3-5-21-19(20)12-15-25(21)28(26,27)18-8-6-16(22)7-9-18/h3-9,12,15,17H,10-11,13-14H2,1-2H3. The average Bonchev–Trinajstić information content (AvgIpc) is 3.13. The van der Waals surface area contributed by atoms with Crippen LogP contribution in [0.1, 0.15) is 12.8 Å². The first kappa shape index (κ1) is 19.0. The van der Waals surface area contributed by atoms with Crippen LogP contribution in [0.4, 0.5) is 10.1 Å². The van der Waals surface area contributed by atoms with Gasteiger partial charge < -0.3 is 9.80 Å². The van der Waals surface area contributed by atoms with Crippen molar-refractivity contribution in [3.8, 4) is 0 Å². The Bertz CT molecular complexity index is 1080. The van der Waals surface area contributed by atoms with E-state index in [1.54, 1.807) is 6.20 Å². The number of likely N-dealkylation sites (tertiary alicyclic amines) is 1. The van der Waals surface area contributed by atoms with Gasteiger partial charge in [-0.3, -0.25) is 0 Å². The fraction of sp³-hybridized carbons (Fsp3) is 0.333. The molecule has 7 heteroatoms. The molecule has 0 spiro atoms. The van der Waals surface area contributed by atoms with Crippen LogP contribution in [0.15, 0.2) is 59.6 Å². The normalized spacial score (nSPS) is 16.5. The van der Waals surface area contributed by atoms with Crippen molar-refractivity contribution in [2.24, 2.45) is 0 Å². The van der Waals surface area contributed by atoms with E-state index in [9.17, 15) is 12.8 Å². The quantitative estimate of drug-likeness (QED) is 0.671. The zero-order valence-electron chi connectivity index (χ0n) is 16.0. The van der Waals surface area contributed by atoms with Crippen molar-refractivity contribution in [2.45, 2.75) is 23.8 Å². The van der Waals surface area contributed by atoms with Gasteiger partial charge in [0.2, 0.25) is 0 Å². The third kappa shape index (κ3) is 3.29. The molecule has 148 valence electrons. The number of hydrogen-bond acceptors (Lipinski definition) is 4. The Kier molecular flexibility index (Phi) is 4.89. The lowest BCUT2D eigenvalue weighted by atomic mass is 10.0. The van der Waals surface area contributed by atoms with E-state index in [2.05, 4.69) is 23.9 Å². The molecule has 0 amide bonds. The Balaban J connectivity index is 1.73. The molecule has 0 saturated carbocycles. The molecule has 3 aromatic rings. The molecule has 0 atom stereocenters. The topological polar surface area (TPSA) is 45.5 Å². The van der Waals surface area contributed by atoms with Crippen LogP contribution in [0.2, 0.25) is 0 Å². The maximum absolute atomic E-state index is 13.2. The van der Waals surface area contributed by atoms with Crippen molar-refractivity contribution in [3.05, 3.63) is 60.5 Å². The maximum atomic E-state index is 13.2. The van der Waals surface area contributed by atoms with Gasteiger partial charge in [-0.1, -0.05) is 6.07 Å². The van der Waals surface area contributed by atoms with Crippen LogP contribution in [0.3, 0.4) is 0 Å². The van der Waals surface area contributed by atoms with E-state index in [-0.39, 0.29) is 4.90 Å². The van der Waals surface area contributed by atoms with Crippen LogP contribution in [0.5, 0.6) is 0 Å². The monoisotopic (exact) mass is 401 g/mol. The fourth-order valence-corrected chi connectivity index (χ4v) is 5.29. The molecule has 0 aliphatic carbocycles. The number of benzene rings is 2. The van der Waals surface area contributed by atoms with E-state index < -0.39 is 15.8 Å². The number of hydrogen-bond donors (Lipinski definition) is 0. The summed E-state index contributed by atoms with van der Waals surface area (Å²) in [5.41, 5.74) is 1.65. The molecular weight excluding hydrogens is 377 g/mol. The highest BCUT2D eigenvalue weighted by molar-refractivity contribution is 7.90. The number of anilines is 1. The summed E-state index contributed by atoms with van der Waals surface area (Å²) in [5, 5.41) is 0.898. The van der Waals surface area contributed by atoms with Crippen molar-refractivity contribution in [2.75, 3.05) is 32.1 Å². The van der Waals surface area contributed by atoms with E-state index in [1.807, 2.05) is 24.3 Å². The Morgan fingerprint density at radius 1 is 1.04 bits per heavy atom. The zero-order valence-corrected chi connectivity index (χ0v) is 16.9. The Hall–Kier alpha value is -2.38. The lowest BCUT2D eigenvalue weighted by Crippen LogP contribution is -2.42. The SMILES string of the molecule is CN1CCC(N(C)c2cccc3c2ccn3S(=O)(=O)c2ccc(F)cc2)CC1. The molecule has 4 rings (SSSR count). The molecule has 1 fully saturated rings. The summed E-state index contributed by atoms with van der Waals surface area (Å²) in [6.45, 7) is 2.12. The number of fused-ring (bicyclic) bond motifs is 1. The Morgan fingerprint density at radius 2 is 1.71 bits per heavy atom. The van der Waals surface area contributed by atoms with Crippen molar-refractivity contribution in [3.63, 3.8) is 0 Å². The number of piperidine rings is 1. The highest BCUT2D eigenvalue weighted by atomic mass is 32.2. The number of aromatic nitrogens is 1. The van der Waals surface area contributed by atoms with Gasteiger partial charge in [-0.15, -0.1) is 0 Å². The molecule has 2 heterocycles. The summed E-state index contributed by atoms with van der Waals surface area (Å²) in [5.74, 6) is -0.460. The van der Waals surface area contributed by atoms with Gasteiger partial charge in [0, 0.05) is 30.4 Å². The molecule has 1 saturated heterocycles.